The van der Waals surface area contributed by atoms with Crippen LogP contribution in [0.5, 0.6) is 5.75 Å². The Morgan fingerprint density at radius 1 is 1.40 bits per heavy atom. The van der Waals surface area contributed by atoms with Gasteiger partial charge in [-0.05, 0) is 33.0 Å². The van der Waals surface area contributed by atoms with E-state index in [4.69, 9.17) is 4.74 Å². The summed E-state index contributed by atoms with van der Waals surface area (Å²) in [4.78, 5) is 0. The summed E-state index contributed by atoms with van der Waals surface area (Å²) in [5.41, 5.74) is 0. The molecule has 0 fully saturated rings. The van der Waals surface area contributed by atoms with Crippen LogP contribution < -0.4 is 10.1 Å². The quantitative estimate of drug-likeness (QED) is 0.767. The molecule has 0 aliphatic heterocycles. The summed E-state index contributed by atoms with van der Waals surface area (Å²) in [6.07, 6.45) is 1.75. The van der Waals surface area contributed by atoms with Crippen molar-refractivity contribution in [2.24, 2.45) is 0 Å². The molecule has 1 aromatic rings. The van der Waals surface area contributed by atoms with Crippen LogP contribution in [0.1, 0.15) is 13.8 Å². The highest BCUT2D eigenvalue weighted by molar-refractivity contribution is 5.20. The molecule has 0 aromatic heterocycles. The first-order chi connectivity index (χ1) is 7.24. The molecule has 0 radical (unpaired) electrons. The zero-order valence-corrected chi connectivity index (χ0v) is 9.86. The lowest BCUT2D eigenvalue weighted by atomic mass is 10.3. The van der Waals surface area contributed by atoms with Crippen molar-refractivity contribution in [3.05, 3.63) is 43.0 Å². The molecule has 1 N–H and O–H groups in total. The van der Waals surface area contributed by atoms with Gasteiger partial charge in [-0.2, -0.15) is 0 Å². The molecule has 15 heavy (non-hydrogen) atoms. The van der Waals surface area contributed by atoms with E-state index >= 15 is 0 Å². The topological polar surface area (TPSA) is 21.3 Å². The number of likely N-dealkylation sites (N-methyl/N-ethyl adjacent to an activating group) is 1. The molecule has 1 unspecified atom stereocenters. The normalized spacial score (nSPS) is 10.9. The van der Waals surface area contributed by atoms with Gasteiger partial charge >= 0.3 is 0 Å². The molecule has 0 amide bonds. The zero-order valence-electron chi connectivity index (χ0n) is 9.86. The van der Waals surface area contributed by atoms with Gasteiger partial charge in [-0.3, -0.25) is 0 Å². The Balaban J connectivity index is 0.000000583. The summed E-state index contributed by atoms with van der Waals surface area (Å²) in [5, 5.41) is 3.11. The van der Waals surface area contributed by atoms with E-state index in [2.05, 4.69) is 18.8 Å². The summed E-state index contributed by atoms with van der Waals surface area (Å²) >= 11 is 0. The van der Waals surface area contributed by atoms with Gasteiger partial charge in [0.1, 0.15) is 12.4 Å². The average molecular weight is 207 g/mol. The highest BCUT2D eigenvalue weighted by atomic mass is 16.5. The third-order valence-corrected chi connectivity index (χ3v) is 1.74. The molecular formula is C13H21NO. The van der Waals surface area contributed by atoms with E-state index in [-0.39, 0.29) is 0 Å². The van der Waals surface area contributed by atoms with Crippen molar-refractivity contribution < 1.29 is 4.74 Å². The van der Waals surface area contributed by atoms with E-state index in [0.29, 0.717) is 12.6 Å². The van der Waals surface area contributed by atoms with Gasteiger partial charge < -0.3 is 10.1 Å². The van der Waals surface area contributed by atoms with Crippen LogP contribution in [-0.2, 0) is 0 Å². The minimum atomic E-state index is 0.394. The van der Waals surface area contributed by atoms with Crippen molar-refractivity contribution in [3.63, 3.8) is 0 Å². The highest BCUT2D eigenvalue weighted by Gasteiger charge is 1.97. The lowest BCUT2D eigenvalue weighted by Crippen LogP contribution is -2.28. The molecule has 1 atom stereocenters. The summed E-state index contributed by atoms with van der Waals surface area (Å²) in [6, 6.07) is 10.2. The maximum Gasteiger partial charge on any atom is 0.119 e. The van der Waals surface area contributed by atoms with Crippen LogP contribution in [0.4, 0.5) is 0 Å². The third-order valence-electron chi connectivity index (χ3n) is 1.74. The van der Waals surface area contributed by atoms with Gasteiger partial charge in [-0.15, -0.1) is 6.58 Å². The molecule has 0 aliphatic rings. The van der Waals surface area contributed by atoms with E-state index in [9.17, 15) is 0 Å². The second-order valence-electron chi connectivity index (χ2n) is 3.22. The number of ether oxygens (including phenoxy) is 1. The van der Waals surface area contributed by atoms with Gasteiger partial charge in [0.15, 0.2) is 0 Å². The predicted octanol–water partition coefficient (Wildman–Crippen LogP) is 2.87. The fourth-order valence-corrected chi connectivity index (χ4v) is 0.821. The molecule has 0 saturated heterocycles. The maximum atomic E-state index is 5.50. The summed E-state index contributed by atoms with van der Waals surface area (Å²) in [7, 11) is 1.93. The fraction of sp³-hybridized carbons (Fsp3) is 0.385. The molecule has 0 aliphatic carbocycles. The Morgan fingerprint density at radius 3 is 2.40 bits per heavy atom. The molecule has 2 heteroatoms. The number of allylic oxidation sites excluding steroid dienone is 1. The largest absolute Gasteiger partial charge is 0.492 e. The standard InChI is InChI=1S/C10H15NO.C3H6/c1-9(11-2)8-12-10-6-4-3-5-7-10;1-3-2/h3-7,9,11H,8H2,1-2H3;3H,1H2,2H3. The van der Waals surface area contributed by atoms with E-state index in [1.807, 2.05) is 44.3 Å². The Labute approximate surface area is 93.0 Å². The van der Waals surface area contributed by atoms with Gasteiger partial charge in [0.05, 0.1) is 0 Å². The fourth-order valence-electron chi connectivity index (χ4n) is 0.821. The SMILES string of the molecule is C=CC.CNC(C)COc1ccccc1. The van der Waals surface area contributed by atoms with Gasteiger partial charge in [-0.1, -0.05) is 24.3 Å². The first kappa shape index (κ1) is 13.7. The van der Waals surface area contributed by atoms with Crippen molar-refractivity contribution in [2.75, 3.05) is 13.7 Å². The van der Waals surface area contributed by atoms with E-state index in [1.165, 1.54) is 0 Å². The minimum absolute atomic E-state index is 0.394. The van der Waals surface area contributed by atoms with E-state index in [1.54, 1.807) is 6.08 Å². The third kappa shape index (κ3) is 7.77. The molecule has 0 heterocycles. The lowest BCUT2D eigenvalue weighted by molar-refractivity contribution is 0.280. The second-order valence-corrected chi connectivity index (χ2v) is 3.22. The van der Waals surface area contributed by atoms with Crippen molar-refractivity contribution >= 4 is 0 Å². The summed E-state index contributed by atoms with van der Waals surface area (Å²) in [6.45, 7) is 8.05. The molecule has 1 aromatic carbocycles. The van der Waals surface area contributed by atoms with Gasteiger partial charge in [0, 0.05) is 6.04 Å². The predicted molar refractivity (Wildman–Crippen MR) is 66.3 cm³/mol. The average Bonchev–Trinajstić information content (AvgIpc) is 2.28. The molecule has 2 nitrogen and oxygen atoms in total. The smallest absolute Gasteiger partial charge is 0.119 e. The van der Waals surface area contributed by atoms with Crippen LogP contribution in [0.15, 0.2) is 43.0 Å². The number of hydrogen-bond acceptors (Lipinski definition) is 2. The molecule has 84 valence electrons. The van der Waals surface area contributed by atoms with Crippen LogP contribution >= 0.6 is 0 Å². The molecule has 1 rings (SSSR count). The zero-order chi connectivity index (χ0) is 11.5. The Hall–Kier alpha value is -1.28. The van der Waals surface area contributed by atoms with Crippen LogP contribution in [0.3, 0.4) is 0 Å². The monoisotopic (exact) mass is 207 g/mol. The lowest BCUT2D eigenvalue weighted by Gasteiger charge is -2.11. The summed E-state index contributed by atoms with van der Waals surface area (Å²) in [5.74, 6) is 0.930. The molecule has 0 spiro atoms. The Morgan fingerprint density at radius 2 is 1.93 bits per heavy atom. The van der Waals surface area contributed by atoms with Crippen LogP contribution in [0.25, 0.3) is 0 Å². The van der Waals surface area contributed by atoms with E-state index in [0.717, 1.165) is 5.75 Å². The van der Waals surface area contributed by atoms with Crippen molar-refractivity contribution in [2.45, 2.75) is 19.9 Å². The number of hydrogen-bond donors (Lipinski definition) is 1. The molecule has 0 bridgehead atoms. The molecule has 0 saturated carbocycles. The number of benzene rings is 1. The Bertz CT molecular complexity index is 246. The van der Waals surface area contributed by atoms with Crippen molar-refractivity contribution in [1.82, 2.24) is 5.32 Å². The van der Waals surface area contributed by atoms with Crippen LogP contribution in [-0.4, -0.2) is 19.7 Å². The highest BCUT2D eigenvalue weighted by Crippen LogP contribution is 2.07. The second kappa shape index (κ2) is 9.28. The minimum Gasteiger partial charge on any atom is -0.492 e. The number of rotatable bonds is 4. The first-order valence-corrected chi connectivity index (χ1v) is 5.16. The maximum absolute atomic E-state index is 5.50. The Kier molecular flexibility index (Phi) is 8.49. The van der Waals surface area contributed by atoms with E-state index < -0.39 is 0 Å². The molecular weight excluding hydrogens is 186 g/mol. The van der Waals surface area contributed by atoms with Gasteiger partial charge in [-0.25, -0.2) is 0 Å². The number of para-hydroxylation sites is 1. The van der Waals surface area contributed by atoms with Crippen LogP contribution in [0, 0.1) is 0 Å². The van der Waals surface area contributed by atoms with Gasteiger partial charge in [0.2, 0.25) is 0 Å². The van der Waals surface area contributed by atoms with Crippen molar-refractivity contribution in [3.8, 4) is 5.75 Å². The first-order valence-electron chi connectivity index (χ1n) is 5.16. The van der Waals surface area contributed by atoms with Crippen LogP contribution in [0.2, 0.25) is 0 Å². The number of nitrogens with one attached hydrogen (secondary N) is 1. The van der Waals surface area contributed by atoms with Crippen molar-refractivity contribution in [1.29, 1.82) is 0 Å². The summed E-state index contributed by atoms with van der Waals surface area (Å²) < 4.78 is 5.50. The van der Waals surface area contributed by atoms with Gasteiger partial charge in [0.25, 0.3) is 0 Å².